The van der Waals surface area contributed by atoms with Crippen LogP contribution in [0.4, 0.5) is 5.82 Å². The number of nitrogens with two attached hydrogens (primary N) is 1. The normalized spacial score (nSPS) is 22.9. The van der Waals surface area contributed by atoms with Gasteiger partial charge in [0.15, 0.2) is 10.8 Å². The number of aryl methyl sites for hydroxylation is 1. The molecule has 0 spiro atoms. The molecule has 2 heterocycles. The lowest BCUT2D eigenvalue weighted by atomic mass is 10.0. The molecule has 7 nitrogen and oxygen atoms in total. The quantitative estimate of drug-likeness (QED) is 0.863. The molecule has 20 heavy (non-hydrogen) atoms. The molecule has 0 radical (unpaired) electrons. The molecule has 0 aromatic carbocycles. The molecule has 1 aromatic heterocycles. The van der Waals surface area contributed by atoms with Gasteiger partial charge in [0, 0.05) is 20.1 Å². The van der Waals surface area contributed by atoms with Gasteiger partial charge in [0.2, 0.25) is 0 Å². The summed E-state index contributed by atoms with van der Waals surface area (Å²) in [5, 5.41) is 0.0333. The number of anilines is 1. The van der Waals surface area contributed by atoms with Gasteiger partial charge in [-0.25, -0.2) is 13.4 Å². The summed E-state index contributed by atoms with van der Waals surface area (Å²) in [5.41, 5.74) is 4.59. The monoisotopic (exact) mass is 302 g/mol. The lowest BCUT2D eigenvalue weighted by Gasteiger charge is -2.46. The Morgan fingerprint density at radius 1 is 1.25 bits per heavy atom. The highest BCUT2D eigenvalue weighted by Crippen LogP contribution is 2.32. The van der Waals surface area contributed by atoms with Crippen LogP contribution in [0.3, 0.4) is 0 Å². The van der Waals surface area contributed by atoms with Gasteiger partial charge in [0.05, 0.1) is 17.5 Å². The number of morpholine rings is 1. The van der Waals surface area contributed by atoms with E-state index in [1.165, 1.54) is 15.2 Å². The van der Waals surface area contributed by atoms with Crippen LogP contribution in [0, 0.1) is 0 Å². The van der Waals surface area contributed by atoms with E-state index >= 15 is 0 Å². The number of nitrogen functional groups attached to an aromatic ring is 1. The Bertz CT molecular complexity index is 583. The maximum Gasteiger partial charge on any atom is 0.262 e. The summed E-state index contributed by atoms with van der Waals surface area (Å²) in [6.45, 7) is 8.07. The Morgan fingerprint density at radius 3 is 2.15 bits per heavy atom. The van der Waals surface area contributed by atoms with Gasteiger partial charge in [-0.15, -0.1) is 0 Å². The summed E-state index contributed by atoms with van der Waals surface area (Å²) >= 11 is 0. The second-order valence-electron chi connectivity index (χ2n) is 6.44. The highest BCUT2D eigenvalue weighted by atomic mass is 32.2. The third-order valence-corrected chi connectivity index (χ3v) is 5.08. The number of sulfonamides is 1. The SMILES string of the molecule is Cn1cnc(N)c1S(=O)(=O)N1CC(C)(C)OC(C)(C)C1. The summed E-state index contributed by atoms with van der Waals surface area (Å²) in [7, 11) is -2.08. The fraction of sp³-hybridized carbons (Fsp3) is 0.750. The third kappa shape index (κ3) is 2.68. The third-order valence-electron chi connectivity index (χ3n) is 3.16. The molecule has 1 fully saturated rings. The highest BCUT2D eigenvalue weighted by Gasteiger charge is 2.44. The van der Waals surface area contributed by atoms with Crippen molar-refractivity contribution in [3.05, 3.63) is 6.33 Å². The molecular weight excluding hydrogens is 280 g/mol. The van der Waals surface area contributed by atoms with Crippen molar-refractivity contribution < 1.29 is 13.2 Å². The van der Waals surface area contributed by atoms with Gasteiger partial charge >= 0.3 is 0 Å². The zero-order valence-corrected chi connectivity index (χ0v) is 13.4. The van der Waals surface area contributed by atoms with Crippen molar-refractivity contribution >= 4 is 15.8 Å². The van der Waals surface area contributed by atoms with Crippen LogP contribution in [0.2, 0.25) is 0 Å². The Kier molecular flexibility index (Phi) is 3.39. The van der Waals surface area contributed by atoms with Crippen molar-refractivity contribution in [2.45, 2.75) is 43.9 Å². The van der Waals surface area contributed by atoms with Crippen molar-refractivity contribution in [3.8, 4) is 0 Å². The summed E-state index contributed by atoms with van der Waals surface area (Å²) in [4.78, 5) is 3.85. The minimum atomic E-state index is -3.69. The van der Waals surface area contributed by atoms with Crippen molar-refractivity contribution in [1.29, 1.82) is 0 Å². The van der Waals surface area contributed by atoms with E-state index in [4.69, 9.17) is 10.5 Å². The topological polar surface area (TPSA) is 90.5 Å². The van der Waals surface area contributed by atoms with Crippen molar-refractivity contribution in [1.82, 2.24) is 13.9 Å². The van der Waals surface area contributed by atoms with Crippen LogP contribution >= 0.6 is 0 Å². The first-order valence-corrected chi connectivity index (χ1v) is 7.86. The molecule has 2 N–H and O–H groups in total. The lowest BCUT2D eigenvalue weighted by Crippen LogP contribution is -2.58. The van der Waals surface area contributed by atoms with E-state index in [0.717, 1.165) is 0 Å². The first-order chi connectivity index (χ1) is 8.95. The summed E-state index contributed by atoms with van der Waals surface area (Å²) < 4.78 is 34.3. The Labute approximate surface area is 119 Å². The average Bonchev–Trinajstić information content (AvgIpc) is 2.54. The molecule has 114 valence electrons. The van der Waals surface area contributed by atoms with Gasteiger partial charge in [-0.1, -0.05) is 0 Å². The van der Waals surface area contributed by atoms with E-state index in [1.807, 2.05) is 27.7 Å². The molecule has 1 aliphatic rings. The molecule has 8 heteroatoms. The second kappa shape index (κ2) is 4.44. The number of imidazole rings is 1. The molecule has 0 saturated carbocycles. The van der Waals surface area contributed by atoms with E-state index in [1.54, 1.807) is 7.05 Å². The van der Waals surface area contributed by atoms with E-state index < -0.39 is 21.2 Å². The van der Waals surface area contributed by atoms with Crippen LogP contribution in [0.5, 0.6) is 0 Å². The zero-order valence-electron chi connectivity index (χ0n) is 12.5. The summed E-state index contributed by atoms with van der Waals surface area (Å²) in [5.74, 6) is 0.0228. The van der Waals surface area contributed by atoms with Gasteiger partial charge in [-0.2, -0.15) is 4.31 Å². The summed E-state index contributed by atoms with van der Waals surface area (Å²) in [6.07, 6.45) is 1.40. The lowest BCUT2D eigenvalue weighted by molar-refractivity contribution is -0.164. The van der Waals surface area contributed by atoms with Crippen molar-refractivity contribution in [2.75, 3.05) is 18.8 Å². The van der Waals surface area contributed by atoms with Crippen LogP contribution in [0.25, 0.3) is 0 Å². The number of hydrogen-bond acceptors (Lipinski definition) is 5. The van der Waals surface area contributed by atoms with E-state index in [-0.39, 0.29) is 23.9 Å². The fourth-order valence-electron chi connectivity index (χ4n) is 2.76. The first-order valence-electron chi connectivity index (χ1n) is 6.42. The molecule has 0 unspecified atom stereocenters. The molecule has 0 aliphatic carbocycles. The molecule has 0 bridgehead atoms. The maximum atomic E-state index is 12.8. The fourth-order valence-corrected chi connectivity index (χ4v) is 4.70. The van der Waals surface area contributed by atoms with Gasteiger partial charge in [-0.05, 0) is 27.7 Å². The van der Waals surface area contributed by atoms with Gasteiger partial charge < -0.3 is 15.0 Å². The number of ether oxygens (including phenoxy) is 1. The van der Waals surface area contributed by atoms with Crippen LogP contribution in [0.1, 0.15) is 27.7 Å². The minimum absolute atomic E-state index is 0.0228. The Balaban J connectivity index is 2.45. The first kappa shape index (κ1) is 15.3. The Morgan fingerprint density at radius 2 is 1.75 bits per heavy atom. The molecule has 1 aromatic rings. The van der Waals surface area contributed by atoms with Crippen LogP contribution in [0.15, 0.2) is 11.4 Å². The molecule has 1 aliphatic heterocycles. The van der Waals surface area contributed by atoms with Gasteiger partial charge in [0.1, 0.15) is 0 Å². The minimum Gasteiger partial charge on any atom is -0.381 e. The molecular formula is C12H22N4O3S. The maximum absolute atomic E-state index is 12.8. The number of aromatic nitrogens is 2. The standard InChI is InChI=1S/C12H22N4O3S/c1-11(2)6-16(7-12(3,4)19-11)20(17,18)10-9(13)14-8-15(10)5/h8H,6-7,13H2,1-5H3. The predicted molar refractivity (Wildman–Crippen MR) is 75.6 cm³/mol. The van der Waals surface area contributed by atoms with E-state index in [9.17, 15) is 8.42 Å². The van der Waals surface area contributed by atoms with E-state index in [0.29, 0.717) is 0 Å². The predicted octanol–water partition coefficient (Wildman–Crippen LogP) is 0.580. The average molecular weight is 302 g/mol. The molecule has 0 amide bonds. The van der Waals surface area contributed by atoms with Gasteiger partial charge in [-0.3, -0.25) is 0 Å². The second-order valence-corrected chi connectivity index (χ2v) is 8.29. The molecule has 1 saturated heterocycles. The van der Waals surface area contributed by atoms with E-state index in [2.05, 4.69) is 4.98 Å². The molecule has 0 atom stereocenters. The van der Waals surface area contributed by atoms with Crippen molar-refractivity contribution in [3.63, 3.8) is 0 Å². The molecule has 2 rings (SSSR count). The van der Waals surface area contributed by atoms with Gasteiger partial charge in [0.25, 0.3) is 10.0 Å². The zero-order chi connectivity index (χ0) is 15.3. The summed E-state index contributed by atoms with van der Waals surface area (Å²) in [6, 6.07) is 0. The Hall–Kier alpha value is -1.12. The number of nitrogens with zero attached hydrogens (tertiary/aromatic N) is 3. The number of rotatable bonds is 2. The number of hydrogen-bond donors (Lipinski definition) is 1. The van der Waals surface area contributed by atoms with Crippen molar-refractivity contribution in [2.24, 2.45) is 7.05 Å². The smallest absolute Gasteiger partial charge is 0.262 e. The van der Waals surface area contributed by atoms with Crippen LogP contribution in [-0.4, -0.2) is 46.6 Å². The highest BCUT2D eigenvalue weighted by molar-refractivity contribution is 7.89. The van der Waals surface area contributed by atoms with Crippen LogP contribution < -0.4 is 5.73 Å². The van der Waals surface area contributed by atoms with Crippen LogP contribution in [-0.2, 0) is 21.8 Å². The largest absolute Gasteiger partial charge is 0.381 e.